The largest absolute Gasteiger partial charge is 0.396 e. The number of aryl methyl sites for hydroxylation is 1. The van der Waals surface area contributed by atoms with Crippen LogP contribution in [-0.2, 0) is 13.1 Å². The minimum Gasteiger partial charge on any atom is -0.396 e. The lowest BCUT2D eigenvalue weighted by atomic mass is 10.2. The molecular formula is C14H18N4O. The number of hydrogen-bond donors (Lipinski definition) is 1. The number of benzene rings is 1. The van der Waals surface area contributed by atoms with Gasteiger partial charge >= 0.3 is 0 Å². The maximum atomic E-state index is 12.4. The number of nitrogens with zero attached hydrogens (tertiary/aromatic N) is 3. The minimum atomic E-state index is -0.110. The number of carbonyl (C=O) groups excluding carboxylic acids is 1. The van der Waals surface area contributed by atoms with E-state index in [1.54, 1.807) is 16.6 Å². The van der Waals surface area contributed by atoms with Gasteiger partial charge in [-0.3, -0.25) is 9.48 Å². The normalized spacial score (nSPS) is 10.4. The van der Waals surface area contributed by atoms with Crippen molar-refractivity contribution in [2.45, 2.75) is 20.0 Å². The second kappa shape index (κ2) is 5.56. The Kier molecular flexibility index (Phi) is 3.85. The van der Waals surface area contributed by atoms with E-state index in [4.69, 9.17) is 5.73 Å². The van der Waals surface area contributed by atoms with Crippen LogP contribution in [0.3, 0.4) is 0 Å². The molecule has 0 aliphatic carbocycles. The predicted octanol–water partition coefficient (Wildman–Crippen LogP) is 1.76. The molecule has 0 saturated heterocycles. The van der Waals surface area contributed by atoms with Crippen molar-refractivity contribution >= 4 is 11.6 Å². The molecule has 0 spiro atoms. The lowest BCUT2D eigenvalue weighted by Gasteiger charge is -2.18. The van der Waals surface area contributed by atoms with Gasteiger partial charge in [-0.15, -0.1) is 0 Å². The molecule has 0 bridgehead atoms. The molecule has 0 aliphatic rings. The van der Waals surface area contributed by atoms with Crippen molar-refractivity contribution in [1.29, 1.82) is 0 Å². The average Bonchev–Trinajstić information content (AvgIpc) is 2.80. The number of anilines is 1. The van der Waals surface area contributed by atoms with Crippen LogP contribution in [0.25, 0.3) is 0 Å². The second-order valence-corrected chi connectivity index (χ2v) is 4.41. The summed E-state index contributed by atoms with van der Waals surface area (Å²) < 4.78 is 1.62. The Morgan fingerprint density at radius 2 is 2.05 bits per heavy atom. The molecule has 2 aromatic rings. The molecule has 0 aliphatic heterocycles. The molecule has 0 unspecified atom stereocenters. The molecule has 1 heterocycles. The van der Waals surface area contributed by atoms with Gasteiger partial charge in [0.15, 0.2) is 0 Å². The molecule has 2 rings (SSSR count). The number of rotatable bonds is 4. The molecule has 5 nitrogen and oxygen atoms in total. The predicted molar refractivity (Wildman–Crippen MR) is 74.6 cm³/mol. The van der Waals surface area contributed by atoms with Crippen molar-refractivity contribution in [3.63, 3.8) is 0 Å². The highest BCUT2D eigenvalue weighted by atomic mass is 16.2. The summed E-state index contributed by atoms with van der Waals surface area (Å²) in [6.45, 7) is 3.10. The maximum absolute atomic E-state index is 12.4. The molecule has 1 amide bonds. The SMILES string of the molecule is CCn1ncc(N)c1C(=O)N(C)Cc1ccccc1. The van der Waals surface area contributed by atoms with Crippen LogP contribution in [0, 0.1) is 0 Å². The Labute approximate surface area is 112 Å². The molecule has 5 heteroatoms. The van der Waals surface area contributed by atoms with Crippen LogP contribution < -0.4 is 5.73 Å². The van der Waals surface area contributed by atoms with Gasteiger partial charge in [-0.25, -0.2) is 0 Å². The van der Waals surface area contributed by atoms with Crippen molar-refractivity contribution in [1.82, 2.24) is 14.7 Å². The van der Waals surface area contributed by atoms with Gasteiger partial charge in [-0.2, -0.15) is 5.10 Å². The number of aromatic nitrogens is 2. The van der Waals surface area contributed by atoms with Gasteiger partial charge in [-0.05, 0) is 12.5 Å². The fraction of sp³-hybridized carbons (Fsp3) is 0.286. The van der Waals surface area contributed by atoms with Crippen LogP contribution in [0.5, 0.6) is 0 Å². The third-order valence-electron chi connectivity index (χ3n) is 2.98. The summed E-state index contributed by atoms with van der Waals surface area (Å²) >= 11 is 0. The fourth-order valence-corrected chi connectivity index (χ4v) is 1.98. The molecule has 2 N–H and O–H groups in total. The Morgan fingerprint density at radius 3 is 2.68 bits per heavy atom. The lowest BCUT2D eigenvalue weighted by molar-refractivity contribution is 0.0774. The quantitative estimate of drug-likeness (QED) is 0.908. The lowest BCUT2D eigenvalue weighted by Crippen LogP contribution is -2.29. The third kappa shape index (κ3) is 2.76. The van der Waals surface area contributed by atoms with Crippen molar-refractivity contribution < 1.29 is 4.79 Å². The first kappa shape index (κ1) is 13.1. The first-order valence-electron chi connectivity index (χ1n) is 6.24. The molecule has 1 aromatic carbocycles. The van der Waals surface area contributed by atoms with Crippen LogP contribution in [0.2, 0.25) is 0 Å². The van der Waals surface area contributed by atoms with Crippen LogP contribution in [-0.4, -0.2) is 27.6 Å². The number of carbonyl (C=O) groups is 1. The Balaban J connectivity index is 2.17. The highest BCUT2D eigenvalue weighted by molar-refractivity contribution is 5.97. The molecule has 1 aromatic heterocycles. The summed E-state index contributed by atoms with van der Waals surface area (Å²) in [4.78, 5) is 14.0. The first-order valence-corrected chi connectivity index (χ1v) is 6.24. The number of hydrogen-bond acceptors (Lipinski definition) is 3. The first-order chi connectivity index (χ1) is 9.13. The number of nitrogens with two attached hydrogens (primary N) is 1. The highest BCUT2D eigenvalue weighted by Crippen LogP contribution is 2.14. The topological polar surface area (TPSA) is 64.2 Å². The third-order valence-corrected chi connectivity index (χ3v) is 2.98. The van der Waals surface area contributed by atoms with Gasteiger partial charge in [0.1, 0.15) is 5.69 Å². The smallest absolute Gasteiger partial charge is 0.274 e. The van der Waals surface area contributed by atoms with E-state index in [1.807, 2.05) is 37.3 Å². The zero-order valence-electron chi connectivity index (χ0n) is 11.2. The molecule has 0 radical (unpaired) electrons. The Morgan fingerprint density at radius 1 is 1.37 bits per heavy atom. The van der Waals surface area contributed by atoms with E-state index in [-0.39, 0.29) is 5.91 Å². The van der Waals surface area contributed by atoms with E-state index >= 15 is 0 Å². The van der Waals surface area contributed by atoms with Crippen molar-refractivity contribution in [2.75, 3.05) is 12.8 Å². The van der Waals surface area contributed by atoms with Gasteiger partial charge in [0.2, 0.25) is 0 Å². The van der Waals surface area contributed by atoms with E-state index in [0.717, 1.165) is 5.56 Å². The van der Waals surface area contributed by atoms with E-state index in [1.165, 1.54) is 6.20 Å². The minimum absolute atomic E-state index is 0.110. The van der Waals surface area contributed by atoms with E-state index < -0.39 is 0 Å². The molecule has 19 heavy (non-hydrogen) atoms. The van der Waals surface area contributed by atoms with Crippen LogP contribution in [0.15, 0.2) is 36.5 Å². The second-order valence-electron chi connectivity index (χ2n) is 4.41. The zero-order chi connectivity index (χ0) is 13.8. The molecule has 0 fully saturated rings. The molecule has 100 valence electrons. The van der Waals surface area contributed by atoms with Crippen molar-refractivity contribution in [3.05, 3.63) is 47.8 Å². The maximum Gasteiger partial charge on any atom is 0.274 e. The summed E-state index contributed by atoms with van der Waals surface area (Å²) in [6, 6.07) is 9.85. The Hall–Kier alpha value is -2.30. The van der Waals surface area contributed by atoms with Crippen molar-refractivity contribution in [2.24, 2.45) is 0 Å². The van der Waals surface area contributed by atoms with Gasteiger partial charge in [0.25, 0.3) is 5.91 Å². The average molecular weight is 258 g/mol. The number of amides is 1. The summed E-state index contributed by atoms with van der Waals surface area (Å²) in [6.07, 6.45) is 1.52. The van der Waals surface area contributed by atoms with Gasteiger partial charge in [0, 0.05) is 20.1 Å². The van der Waals surface area contributed by atoms with Gasteiger partial charge in [-0.1, -0.05) is 30.3 Å². The zero-order valence-corrected chi connectivity index (χ0v) is 11.2. The van der Waals surface area contributed by atoms with Crippen LogP contribution in [0.1, 0.15) is 23.0 Å². The monoisotopic (exact) mass is 258 g/mol. The molecule has 0 saturated carbocycles. The van der Waals surface area contributed by atoms with Gasteiger partial charge in [0.05, 0.1) is 11.9 Å². The van der Waals surface area contributed by atoms with Crippen molar-refractivity contribution in [3.8, 4) is 0 Å². The summed E-state index contributed by atoms with van der Waals surface area (Å²) in [5.74, 6) is -0.110. The summed E-state index contributed by atoms with van der Waals surface area (Å²) in [5.41, 5.74) is 7.78. The van der Waals surface area contributed by atoms with Crippen LogP contribution >= 0.6 is 0 Å². The number of nitrogen functional groups attached to an aromatic ring is 1. The van der Waals surface area contributed by atoms with Crippen LogP contribution in [0.4, 0.5) is 5.69 Å². The summed E-state index contributed by atoms with van der Waals surface area (Å²) in [5, 5.41) is 4.09. The van der Waals surface area contributed by atoms with E-state index in [0.29, 0.717) is 24.5 Å². The highest BCUT2D eigenvalue weighted by Gasteiger charge is 2.19. The molecular weight excluding hydrogens is 240 g/mol. The molecule has 0 atom stereocenters. The summed E-state index contributed by atoms with van der Waals surface area (Å²) in [7, 11) is 1.77. The standard InChI is InChI=1S/C14H18N4O/c1-3-18-13(12(15)9-16-18)14(19)17(2)10-11-7-5-4-6-8-11/h4-9H,3,10,15H2,1-2H3. The van der Waals surface area contributed by atoms with E-state index in [2.05, 4.69) is 5.10 Å². The van der Waals surface area contributed by atoms with Gasteiger partial charge < -0.3 is 10.6 Å². The Bertz CT molecular complexity index is 562. The fourth-order valence-electron chi connectivity index (χ4n) is 1.98. The van der Waals surface area contributed by atoms with E-state index in [9.17, 15) is 4.79 Å².